The molecule has 78 valence electrons. The van der Waals surface area contributed by atoms with E-state index in [2.05, 4.69) is 10.1 Å². The number of hydrogen-bond donors (Lipinski definition) is 0. The van der Waals surface area contributed by atoms with Crippen LogP contribution in [0.25, 0.3) is 0 Å². The van der Waals surface area contributed by atoms with E-state index >= 15 is 0 Å². The Kier molecular flexibility index (Phi) is 2.78. The normalized spacial score (nSPS) is 20.3. The maximum atomic E-state index is 5.18. The standard InChI is InChI=1S/C11H13N3O/c1-14-11(15-2)13-10(8-12-14)9-6-4-3-5-7-9/h3-8,11H,1-2H3. The first kappa shape index (κ1) is 9.86. The van der Waals surface area contributed by atoms with E-state index in [0.717, 1.165) is 11.3 Å². The number of ether oxygens (including phenoxy) is 1. The average Bonchev–Trinajstić information content (AvgIpc) is 2.31. The Morgan fingerprint density at radius 1 is 1.27 bits per heavy atom. The molecule has 0 bridgehead atoms. The van der Waals surface area contributed by atoms with Crippen LogP contribution in [0.1, 0.15) is 5.56 Å². The summed E-state index contributed by atoms with van der Waals surface area (Å²) in [5, 5.41) is 5.87. The van der Waals surface area contributed by atoms with Gasteiger partial charge in [-0.25, -0.2) is 4.99 Å². The van der Waals surface area contributed by atoms with Gasteiger partial charge in [0.1, 0.15) is 0 Å². The van der Waals surface area contributed by atoms with E-state index in [0.29, 0.717) is 0 Å². The van der Waals surface area contributed by atoms with E-state index in [1.807, 2.05) is 37.4 Å². The number of hydrazone groups is 1. The van der Waals surface area contributed by atoms with E-state index in [4.69, 9.17) is 4.74 Å². The summed E-state index contributed by atoms with van der Waals surface area (Å²) in [4.78, 5) is 4.42. The summed E-state index contributed by atoms with van der Waals surface area (Å²) in [7, 11) is 3.45. The van der Waals surface area contributed by atoms with Crippen LogP contribution in [0.4, 0.5) is 0 Å². The fourth-order valence-corrected chi connectivity index (χ4v) is 1.40. The van der Waals surface area contributed by atoms with Crippen molar-refractivity contribution in [1.82, 2.24) is 5.01 Å². The van der Waals surface area contributed by atoms with Gasteiger partial charge in [-0.3, -0.25) is 5.01 Å². The lowest BCUT2D eigenvalue weighted by atomic mass is 10.1. The van der Waals surface area contributed by atoms with Crippen LogP contribution in [0, 0.1) is 0 Å². The Bertz CT molecular complexity index is 386. The third kappa shape index (κ3) is 2.05. The van der Waals surface area contributed by atoms with Crippen molar-refractivity contribution in [2.24, 2.45) is 10.1 Å². The van der Waals surface area contributed by atoms with Crippen molar-refractivity contribution in [1.29, 1.82) is 0 Å². The molecule has 15 heavy (non-hydrogen) atoms. The van der Waals surface area contributed by atoms with Gasteiger partial charge in [0.15, 0.2) is 0 Å². The molecule has 0 radical (unpaired) electrons. The van der Waals surface area contributed by atoms with Gasteiger partial charge in [-0.15, -0.1) is 0 Å². The molecule has 4 nitrogen and oxygen atoms in total. The fourth-order valence-electron chi connectivity index (χ4n) is 1.40. The quantitative estimate of drug-likeness (QED) is 0.727. The molecule has 0 amide bonds. The van der Waals surface area contributed by atoms with E-state index in [-0.39, 0.29) is 6.35 Å². The van der Waals surface area contributed by atoms with Crippen LogP contribution in [0.3, 0.4) is 0 Å². The maximum Gasteiger partial charge on any atom is 0.243 e. The van der Waals surface area contributed by atoms with Crippen LogP contribution >= 0.6 is 0 Å². The number of hydrogen-bond acceptors (Lipinski definition) is 4. The van der Waals surface area contributed by atoms with Gasteiger partial charge in [0, 0.05) is 19.7 Å². The molecular formula is C11H13N3O. The lowest BCUT2D eigenvalue weighted by Crippen LogP contribution is -2.32. The van der Waals surface area contributed by atoms with E-state index < -0.39 is 0 Å². The molecule has 1 heterocycles. The zero-order valence-corrected chi connectivity index (χ0v) is 8.79. The van der Waals surface area contributed by atoms with Crippen molar-refractivity contribution in [3.8, 4) is 0 Å². The molecular weight excluding hydrogens is 190 g/mol. The molecule has 0 spiro atoms. The molecule has 1 aliphatic heterocycles. The number of aliphatic imine (C=N–C) groups is 1. The smallest absolute Gasteiger partial charge is 0.243 e. The van der Waals surface area contributed by atoms with E-state index in [1.54, 1.807) is 18.3 Å². The van der Waals surface area contributed by atoms with E-state index in [9.17, 15) is 0 Å². The van der Waals surface area contributed by atoms with Crippen molar-refractivity contribution in [3.05, 3.63) is 35.9 Å². The molecule has 0 fully saturated rings. The number of nitrogens with zero attached hydrogens (tertiary/aromatic N) is 3. The average molecular weight is 203 g/mol. The second-order valence-corrected chi connectivity index (χ2v) is 3.26. The lowest BCUT2D eigenvalue weighted by molar-refractivity contribution is -0.0103. The molecule has 0 N–H and O–H groups in total. The van der Waals surface area contributed by atoms with Gasteiger partial charge in [0.05, 0.1) is 11.9 Å². The minimum Gasteiger partial charge on any atom is -0.341 e. The Morgan fingerprint density at radius 3 is 2.67 bits per heavy atom. The van der Waals surface area contributed by atoms with Crippen LogP contribution in [0.15, 0.2) is 40.4 Å². The SMILES string of the molecule is COC1N=C(c2ccccc2)C=NN1C. The van der Waals surface area contributed by atoms with Gasteiger partial charge < -0.3 is 4.74 Å². The lowest BCUT2D eigenvalue weighted by Gasteiger charge is -2.24. The van der Waals surface area contributed by atoms with Crippen LogP contribution in [-0.2, 0) is 4.74 Å². The van der Waals surface area contributed by atoms with Crippen LogP contribution in [-0.4, -0.2) is 37.4 Å². The molecule has 0 saturated heterocycles. The molecule has 1 aliphatic rings. The molecule has 0 aliphatic carbocycles. The third-order valence-corrected chi connectivity index (χ3v) is 2.21. The first-order chi connectivity index (χ1) is 7.31. The topological polar surface area (TPSA) is 37.2 Å². The first-order valence-electron chi connectivity index (χ1n) is 4.74. The summed E-state index contributed by atoms with van der Waals surface area (Å²) in [5.41, 5.74) is 1.90. The van der Waals surface area contributed by atoms with Gasteiger partial charge >= 0.3 is 0 Å². The molecule has 0 aromatic heterocycles. The summed E-state index contributed by atoms with van der Waals surface area (Å²) in [5.74, 6) is 0. The Morgan fingerprint density at radius 2 is 2.00 bits per heavy atom. The van der Waals surface area contributed by atoms with Crippen molar-refractivity contribution in [2.75, 3.05) is 14.2 Å². The van der Waals surface area contributed by atoms with Crippen molar-refractivity contribution >= 4 is 11.9 Å². The summed E-state index contributed by atoms with van der Waals surface area (Å²) in [6.07, 6.45) is 1.41. The molecule has 1 aromatic carbocycles. The third-order valence-electron chi connectivity index (χ3n) is 2.21. The highest BCUT2D eigenvalue weighted by molar-refractivity contribution is 6.38. The van der Waals surface area contributed by atoms with Crippen molar-refractivity contribution in [2.45, 2.75) is 6.35 Å². The molecule has 2 rings (SSSR count). The molecule has 1 unspecified atom stereocenters. The predicted octanol–water partition coefficient (Wildman–Crippen LogP) is 1.34. The summed E-state index contributed by atoms with van der Waals surface area (Å²) in [6.45, 7) is 0. The minimum absolute atomic E-state index is 0.329. The molecule has 1 aromatic rings. The van der Waals surface area contributed by atoms with Gasteiger partial charge in [-0.05, 0) is 0 Å². The van der Waals surface area contributed by atoms with Gasteiger partial charge in [0.25, 0.3) is 0 Å². The molecule has 1 atom stereocenters. The fraction of sp³-hybridized carbons (Fsp3) is 0.273. The zero-order valence-electron chi connectivity index (χ0n) is 8.79. The second kappa shape index (κ2) is 4.23. The van der Waals surface area contributed by atoms with Gasteiger partial charge in [0.2, 0.25) is 6.35 Å². The van der Waals surface area contributed by atoms with Crippen LogP contribution in [0.5, 0.6) is 0 Å². The largest absolute Gasteiger partial charge is 0.341 e. The van der Waals surface area contributed by atoms with E-state index in [1.165, 1.54) is 0 Å². The van der Waals surface area contributed by atoms with Crippen LogP contribution < -0.4 is 0 Å². The van der Waals surface area contributed by atoms with Crippen LogP contribution in [0.2, 0.25) is 0 Å². The monoisotopic (exact) mass is 203 g/mol. The number of benzene rings is 1. The summed E-state index contributed by atoms with van der Waals surface area (Å²) in [6, 6.07) is 9.94. The Hall–Kier alpha value is -1.68. The van der Waals surface area contributed by atoms with Crippen molar-refractivity contribution < 1.29 is 4.74 Å². The number of methoxy groups -OCH3 is 1. The summed E-state index contributed by atoms with van der Waals surface area (Å²) >= 11 is 0. The predicted molar refractivity (Wildman–Crippen MR) is 60.0 cm³/mol. The second-order valence-electron chi connectivity index (χ2n) is 3.26. The minimum atomic E-state index is -0.329. The summed E-state index contributed by atoms with van der Waals surface area (Å²) < 4.78 is 5.18. The molecule has 4 heteroatoms. The Labute approximate surface area is 88.9 Å². The van der Waals surface area contributed by atoms with Gasteiger partial charge in [-0.1, -0.05) is 30.3 Å². The highest BCUT2D eigenvalue weighted by Gasteiger charge is 2.15. The zero-order chi connectivity index (χ0) is 10.7. The first-order valence-corrected chi connectivity index (χ1v) is 4.74. The number of rotatable bonds is 2. The van der Waals surface area contributed by atoms with Crippen molar-refractivity contribution in [3.63, 3.8) is 0 Å². The highest BCUT2D eigenvalue weighted by atomic mass is 16.5. The highest BCUT2D eigenvalue weighted by Crippen LogP contribution is 2.09. The molecule has 0 saturated carbocycles. The van der Waals surface area contributed by atoms with Gasteiger partial charge in [-0.2, -0.15) is 5.10 Å². The Balaban J connectivity index is 2.28. The maximum absolute atomic E-state index is 5.18.